The fourth-order valence-corrected chi connectivity index (χ4v) is 2.14. The van der Waals surface area contributed by atoms with Gasteiger partial charge in [0.25, 0.3) is 0 Å². The van der Waals surface area contributed by atoms with Gasteiger partial charge >= 0.3 is 0 Å². The van der Waals surface area contributed by atoms with Crippen molar-refractivity contribution in [3.8, 4) is 5.75 Å². The number of thiazole rings is 1. The lowest BCUT2D eigenvalue weighted by Gasteiger charge is -2.00. The van der Waals surface area contributed by atoms with Crippen LogP contribution in [0.2, 0.25) is 0 Å². The highest BCUT2D eigenvalue weighted by Gasteiger charge is 2.01. The Morgan fingerprint density at radius 1 is 1.47 bits per heavy atom. The highest BCUT2D eigenvalue weighted by molar-refractivity contribution is 7.15. The maximum Gasteiger partial charge on any atom is 0.250 e. The number of hydrogen-bond acceptors (Lipinski definition) is 4. The Hall–Kier alpha value is -2.14. The van der Waals surface area contributed by atoms with Crippen LogP contribution in [0.3, 0.4) is 0 Å². The van der Waals surface area contributed by atoms with Crippen LogP contribution < -0.4 is 10.1 Å². The quantitative estimate of drug-likeness (QED) is 0.871. The summed E-state index contributed by atoms with van der Waals surface area (Å²) in [5.74, 6) is 0.565. The van der Waals surface area contributed by atoms with E-state index in [0.29, 0.717) is 5.13 Å². The SMILES string of the molecule is COc1cccc(/C=C/C(=O)Nc2ncc(C)s2)c1. The summed E-state index contributed by atoms with van der Waals surface area (Å²) < 4.78 is 5.12. The highest BCUT2D eigenvalue weighted by Crippen LogP contribution is 2.17. The predicted octanol–water partition coefficient (Wildman–Crippen LogP) is 3.11. The monoisotopic (exact) mass is 274 g/mol. The molecule has 1 amide bonds. The van der Waals surface area contributed by atoms with Gasteiger partial charge in [-0.15, -0.1) is 11.3 Å². The number of ether oxygens (including phenoxy) is 1. The molecule has 1 N–H and O–H groups in total. The van der Waals surface area contributed by atoms with Gasteiger partial charge < -0.3 is 4.74 Å². The van der Waals surface area contributed by atoms with E-state index < -0.39 is 0 Å². The highest BCUT2D eigenvalue weighted by atomic mass is 32.1. The lowest BCUT2D eigenvalue weighted by atomic mass is 10.2. The molecule has 0 aliphatic heterocycles. The van der Waals surface area contributed by atoms with Gasteiger partial charge in [-0.1, -0.05) is 12.1 Å². The zero-order chi connectivity index (χ0) is 13.7. The Morgan fingerprint density at radius 2 is 2.32 bits per heavy atom. The number of hydrogen-bond donors (Lipinski definition) is 1. The Bertz CT molecular complexity index is 605. The summed E-state index contributed by atoms with van der Waals surface area (Å²) in [5.41, 5.74) is 0.907. The molecule has 0 radical (unpaired) electrons. The minimum Gasteiger partial charge on any atom is -0.497 e. The molecule has 2 aromatic rings. The number of aryl methyl sites for hydroxylation is 1. The molecule has 4 nitrogen and oxygen atoms in total. The molecule has 1 heterocycles. The fourth-order valence-electron chi connectivity index (χ4n) is 1.48. The van der Waals surface area contributed by atoms with Crippen LogP contribution in [0.4, 0.5) is 5.13 Å². The van der Waals surface area contributed by atoms with Gasteiger partial charge in [0.1, 0.15) is 5.75 Å². The van der Waals surface area contributed by atoms with E-state index in [1.54, 1.807) is 19.4 Å². The first-order valence-corrected chi connectivity index (χ1v) is 6.54. The average molecular weight is 274 g/mol. The minimum atomic E-state index is -0.197. The average Bonchev–Trinajstić information content (AvgIpc) is 2.82. The van der Waals surface area contributed by atoms with Crippen LogP contribution in [0.25, 0.3) is 6.08 Å². The number of aromatic nitrogens is 1. The molecule has 0 fully saturated rings. The Morgan fingerprint density at radius 3 is 3.00 bits per heavy atom. The van der Waals surface area contributed by atoms with E-state index >= 15 is 0 Å². The lowest BCUT2D eigenvalue weighted by Crippen LogP contribution is -2.07. The van der Waals surface area contributed by atoms with E-state index in [-0.39, 0.29) is 5.91 Å². The Kier molecular flexibility index (Phi) is 4.30. The van der Waals surface area contributed by atoms with E-state index in [2.05, 4.69) is 10.3 Å². The molecular formula is C14H14N2O2S. The Balaban J connectivity index is 1.99. The van der Waals surface area contributed by atoms with Crippen molar-refractivity contribution >= 4 is 28.5 Å². The molecule has 0 bridgehead atoms. The van der Waals surface area contributed by atoms with E-state index in [9.17, 15) is 4.79 Å². The third-order valence-corrected chi connectivity index (χ3v) is 3.20. The van der Waals surface area contributed by atoms with E-state index in [4.69, 9.17) is 4.74 Å². The molecule has 0 aliphatic rings. The van der Waals surface area contributed by atoms with Gasteiger partial charge in [-0.05, 0) is 30.7 Å². The number of methoxy groups -OCH3 is 1. The van der Waals surface area contributed by atoms with Crippen molar-refractivity contribution in [3.05, 3.63) is 47.0 Å². The predicted molar refractivity (Wildman–Crippen MR) is 77.5 cm³/mol. The van der Waals surface area contributed by atoms with Crippen molar-refractivity contribution in [3.63, 3.8) is 0 Å². The first kappa shape index (κ1) is 13.3. The molecule has 5 heteroatoms. The van der Waals surface area contributed by atoms with E-state index in [0.717, 1.165) is 16.2 Å². The molecule has 0 unspecified atom stereocenters. The number of carbonyl (C=O) groups excluding carboxylic acids is 1. The molecule has 0 saturated carbocycles. The second-order valence-corrected chi connectivity index (χ2v) is 5.11. The van der Waals surface area contributed by atoms with Crippen LogP contribution in [0.5, 0.6) is 5.75 Å². The van der Waals surface area contributed by atoms with Crippen LogP contribution in [-0.4, -0.2) is 18.0 Å². The van der Waals surface area contributed by atoms with Gasteiger partial charge in [0.05, 0.1) is 7.11 Å². The lowest BCUT2D eigenvalue weighted by molar-refractivity contribution is -0.111. The summed E-state index contributed by atoms with van der Waals surface area (Å²) in [6.45, 7) is 1.94. The molecule has 19 heavy (non-hydrogen) atoms. The summed E-state index contributed by atoms with van der Waals surface area (Å²) in [6, 6.07) is 7.49. The maximum atomic E-state index is 11.7. The standard InChI is InChI=1S/C14H14N2O2S/c1-10-9-15-14(19-10)16-13(17)7-6-11-4-3-5-12(8-11)18-2/h3-9H,1-2H3,(H,15,16,17)/b7-6+. The number of nitrogens with one attached hydrogen (secondary N) is 1. The molecule has 0 saturated heterocycles. The number of rotatable bonds is 4. The zero-order valence-electron chi connectivity index (χ0n) is 10.7. The summed E-state index contributed by atoms with van der Waals surface area (Å²) >= 11 is 1.45. The fraction of sp³-hybridized carbons (Fsp3) is 0.143. The van der Waals surface area contributed by atoms with Gasteiger partial charge in [-0.25, -0.2) is 4.98 Å². The van der Waals surface area contributed by atoms with Crippen LogP contribution in [-0.2, 0) is 4.79 Å². The number of benzene rings is 1. The number of amides is 1. The van der Waals surface area contributed by atoms with Crippen molar-refractivity contribution in [1.29, 1.82) is 0 Å². The Labute approximate surface area is 115 Å². The number of anilines is 1. The molecule has 0 atom stereocenters. The summed E-state index contributed by atoms with van der Waals surface area (Å²) in [6.07, 6.45) is 4.94. The second kappa shape index (κ2) is 6.15. The van der Waals surface area contributed by atoms with Gasteiger partial charge in [0, 0.05) is 17.2 Å². The van der Waals surface area contributed by atoms with Gasteiger partial charge in [-0.2, -0.15) is 0 Å². The first-order valence-electron chi connectivity index (χ1n) is 5.73. The molecule has 0 spiro atoms. The van der Waals surface area contributed by atoms with Crippen molar-refractivity contribution < 1.29 is 9.53 Å². The first-order chi connectivity index (χ1) is 9.17. The minimum absolute atomic E-state index is 0.197. The van der Waals surface area contributed by atoms with Crippen LogP contribution in [0.1, 0.15) is 10.4 Å². The second-order valence-electron chi connectivity index (χ2n) is 3.88. The molecule has 1 aromatic carbocycles. The topological polar surface area (TPSA) is 51.2 Å². The van der Waals surface area contributed by atoms with Crippen molar-refractivity contribution in [2.45, 2.75) is 6.92 Å². The van der Waals surface area contributed by atoms with Crippen molar-refractivity contribution in [2.24, 2.45) is 0 Å². The van der Waals surface area contributed by atoms with E-state index in [1.807, 2.05) is 31.2 Å². The maximum absolute atomic E-state index is 11.7. The summed E-state index contributed by atoms with van der Waals surface area (Å²) in [5, 5.41) is 3.32. The summed E-state index contributed by atoms with van der Waals surface area (Å²) in [7, 11) is 1.61. The van der Waals surface area contributed by atoms with Crippen LogP contribution in [0, 0.1) is 6.92 Å². The molecule has 1 aromatic heterocycles. The van der Waals surface area contributed by atoms with Crippen LogP contribution in [0.15, 0.2) is 36.5 Å². The zero-order valence-corrected chi connectivity index (χ0v) is 11.5. The summed E-state index contributed by atoms with van der Waals surface area (Å²) in [4.78, 5) is 16.8. The third-order valence-electron chi connectivity index (χ3n) is 2.37. The van der Waals surface area contributed by atoms with Gasteiger partial charge in [-0.3, -0.25) is 10.1 Å². The molecular weight excluding hydrogens is 260 g/mol. The third kappa shape index (κ3) is 3.93. The van der Waals surface area contributed by atoms with Gasteiger partial charge in [0.15, 0.2) is 5.13 Å². The molecule has 98 valence electrons. The number of carbonyl (C=O) groups is 1. The smallest absolute Gasteiger partial charge is 0.250 e. The van der Waals surface area contributed by atoms with E-state index in [1.165, 1.54) is 17.4 Å². The van der Waals surface area contributed by atoms with Crippen molar-refractivity contribution in [2.75, 3.05) is 12.4 Å². The normalized spacial score (nSPS) is 10.6. The van der Waals surface area contributed by atoms with Crippen molar-refractivity contribution in [1.82, 2.24) is 4.98 Å². The molecule has 0 aliphatic carbocycles. The van der Waals surface area contributed by atoms with Gasteiger partial charge in [0.2, 0.25) is 5.91 Å². The number of nitrogens with zero attached hydrogens (tertiary/aromatic N) is 1. The largest absolute Gasteiger partial charge is 0.497 e. The van der Waals surface area contributed by atoms with Crippen LogP contribution >= 0.6 is 11.3 Å². The molecule has 2 rings (SSSR count).